The minimum Gasteiger partial charge on any atom is -0.493 e. The highest BCUT2D eigenvalue weighted by Gasteiger charge is 2.42. The lowest BCUT2D eigenvalue weighted by molar-refractivity contribution is -0.120. The van der Waals surface area contributed by atoms with Gasteiger partial charge in [0.1, 0.15) is 6.04 Å². The molecule has 1 unspecified atom stereocenters. The number of carbonyl (C=O) groups excluding carboxylic acids is 3. The fraction of sp³-hybridized carbons (Fsp3) is 0.318. The minimum atomic E-state index is -0.921. The fourth-order valence-electron chi connectivity index (χ4n) is 3.41. The highest BCUT2D eigenvalue weighted by Crippen LogP contribution is 2.31. The molecule has 7 nitrogen and oxygen atoms in total. The van der Waals surface area contributed by atoms with Crippen LogP contribution in [0.5, 0.6) is 11.5 Å². The van der Waals surface area contributed by atoms with Gasteiger partial charge in [0.25, 0.3) is 11.8 Å². The summed E-state index contributed by atoms with van der Waals surface area (Å²) in [5.41, 5.74) is 1.13. The van der Waals surface area contributed by atoms with Crippen molar-refractivity contribution in [2.45, 2.75) is 26.3 Å². The van der Waals surface area contributed by atoms with Crippen LogP contribution in [0.3, 0.4) is 0 Å². The van der Waals surface area contributed by atoms with Gasteiger partial charge in [0, 0.05) is 11.8 Å². The molecule has 29 heavy (non-hydrogen) atoms. The first kappa shape index (κ1) is 20.4. The molecule has 0 saturated carbocycles. The summed E-state index contributed by atoms with van der Waals surface area (Å²) in [4.78, 5) is 39.9. The topological polar surface area (TPSA) is 84.9 Å². The number of nitrogens with zero attached hydrogens (tertiary/aromatic N) is 1. The van der Waals surface area contributed by atoms with Crippen molar-refractivity contribution in [1.29, 1.82) is 0 Å². The van der Waals surface area contributed by atoms with Crippen LogP contribution in [0, 0.1) is 5.92 Å². The van der Waals surface area contributed by atoms with Crippen LogP contribution in [0.2, 0.25) is 0 Å². The van der Waals surface area contributed by atoms with E-state index in [0.29, 0.717) is 34.7 Å². The molecule has 1 aliphatic rings. The van der Waals surface area contributed by atoms with Crippen LogP contribution in [0.15, 0.2) is 42.5 Å². The molecule has 1 atom stereocenters. The van der Waals surface area contributed by atoms with E-state index in [1.165, 1.54) is 14.2 Å². The summed E-state index contributed by atoms with van der Waals surface area (Å²) >= 11 is 0. The Morgan fingerprint density at radius 1 is 0.966 bits per heavy atom. The van der Waals surface area contributed by atoms with Gasteiger partial charge in [0.15, 0.2) is 11.5 Å². The summed E-state index contributed by atoms with van der Waals surface area (Å²) in [6.07, 6.45) is 0.352. The van der Waals surface area contributed by atoms with Crippen molar-refractivity contribution >= 4 is 23.4 Å². The van der Waals surface area contributed by atoms with Gasteiger partial charge in [-0.05, 0) is 36.6 Å². The van der Waals surface area contributed by atoms with Crippen LogP contribution in [0.4, 0.5) is 5.69 Å². The molecule has 2 aromatic rings. The highest BCUT2D eigenvalue weighted by molar-refractivity contribution is 6.23. The summed E-state index contributed by atoms with van der Waals surface area (Å²) < 4.78 is 10.5. The normalized spacial score (nSPS) is 14.0. The number of anilines is 1. The molecule has 0 saturated heterocycles. The number of hydrogen-bond acceptors (Lipinski definition) is 5. The van der Waals surface area contributed by atoms with E-state index in [4.69, 9.17) is 9.47 Å². The van der Waals surface area contributed by atoms with Gasteiger partial charge in [-0.2, -0.15) is 0 Å². The van der Waals surface area contributed by atoms with Gasteiger partial charge in [0.2, 0.25) is 5.91 Å². The number of rotatable bonds is 7. The number of benzene rings is 2. The van der Waals surface area contributed by atoms with E-state index in [1.807, 2.05) is 13.8 Å². The smallest absolute Gasteiger partial charge is 0.262 e. The molecular formula is C22H24N2O5. The maximum Gasteiger partial charge on any atom is 0.262 e. The Labute approximate surface area is 169 Å². The molecule has 2 aromatic carbocycles. The average molecular weight is 396 g/mol. The fourth-order valence-corrected chi connectivity index (χ4v) is 3.41. The Morgan fingerprint density at radius 2 is 1.55 bits per heavy atom. The van der Waals surface area contributed by atoms with Gasteiger partial charge < -0.3 is 14.8 Å². The summed E-state index contributed by atoms with van der Waals surface area (Å²) in [5.74, 6) is -0.227. The van der Waals surface area contributed by atoms with E-state index >= 15 is 0 Å². The lowest BCUT2D eigenvalue weighted by atomic mass is 10.0. The first-order chi connectivity index (χ1) is 13.9. The maximum absolute atomic E-state index is 13.1. The van der Waals surface area contributed by atoms with Crippen molar-refractivity contribution in [3.63, 3.8) is 0 Å². The first-order valence-electron chi connectivity index (χ1n) is 9.37. The Hall–Kier alpha value is -3.35. The molecule has 152 valence electrons. The summed E-state index contributed by atoms with van der Waals surface area (Å²) in [5, 5.41) is 2.80. The minimum absolute atomic E-state index is 0.0977. The molecule has 0 radical (unpaired) electrons. The van der Waals surface area contributed by atoms with E-state index < -0.39 is 23.8 Å². The molecule has 1 aliphatic heterocycles. The first-order valence-corrected chi connectivity index (χ1v) is 9.37. The third-order valence-corrected chi connectivity index (χ3v) is 4.79. The van der Waals surface area contributed by atoms with E-state index in [-0.39, 0.29) is 5.92 Å². The van der Waals surface area contributed by atoms with Gasteiger partial charge in [-0.1, -0.05) is 26.0 Å². The van der Waals surface area contributed by atoms with Gasteiger partial charge in [-0.25, -0.2) is 0 Å². The summed E-state index contributed by atoms with van der Waals surface area (Å²) in [6, 6.07) is 10.7. The number of ether oxygens (including phenoxy) is 2. The van der Waals surface area contributed by atoms with Crippen molar-refractivity contribution in [3.8, 4) is 11.5 Å². The number of imide groups is 1. The Bertz CT molecular complexity index is 919. The predicted octanol–water partition coefficient (Wildman–Crippen LogP) is 3.35. The van der Waals surface area contributed by atoms with Crippen molar-refractivity contribution in [2.24, 2.45) is 5.92 Å². The Kier molecular flexibility index (Phi) is 5.87. The largest absolute Gasteiger partial charge is 0.493 e. The monoisotopic (exact) mass is 396 g/mol. The highest BCUT2D eigenvalue weighted by atomic mass is 16.5. The zero-order valence-corrected chi connectivity index (χ0v) is 16.9. The molecule has 0 aliphatic carbocycles. The third kappa shape index (κ3) is 3.94. The number of hydrogen-bond donors (Lipinski definition) is 1. The number of fused-ring (bicyclic) bond motifs is 1. The molecule has 1 heterocycles. The molecule has 1 N–H and O–H groups in total. The second-order valence-corrected chi connectivity index (χ2v) is 7.23. The molecule has 0 fully saturated rings. The number of carbonyl (C=O) groups is 3. The van der Waals surface area contributed by atoms with Crippen LogP contribution in [0.1, 0.15) is 41.0 Å². The van der Waals surface area contributed by atoms with Crippen LogP contribution in [-0.2, 0) is 4.79 Å². The van der Waals surface area contributed by atoms with E-state index in [0.717, 1.165) is 4.90 Å². The van der Waals surface area contributed by atoms with Crippen molar-refractivity contribution in [2.75, 3.05) is 19.5 Å². The standard InChI is InChI=1S/C22H24N2O5/c1-13(2)11-17(24-21(26)15-7-5-6-8-16(15)22(24)27)20(25)23-14-9-10-18(28-3)19(12-14)29-4/h5-10,12-13,17H,11H2,1-4H3,(H,23,25). The molecule has 0 spiro atoms. The lowest BCUT2D eigenvalue weighted by Gasteiger charge is -2.27. The summed E-state index contributed by atoms with van der Waals surface area (Å²) in [6.45, 7) is 3.88. The molecule has 0 bridgehead atoms. The van der Waals surface area contributed by atoms with Gasteiger partial charge in [0.05, 0.1) is 25.3 Å². The zero-order chi connectivity index (χ0) is 21.1. The molecule has 7 heteroatoms. The van der Waals surface area contributed by atoms with Gasteiger partial charge >= 0.3 is 0 Å². The van der Waals surface area contributed by atoms with E-state index in [1.54, 1.807) is 42.5 Å². The SMILES string of the molecule is COc1ccc(NC(=O)C(CC(C)C)N2C(=O)c3ccccc3C2=O)cc1OC. The average Bonchev–Trinajstić information content (AvgIpc) is 2.96. The lowest BCUT2D eigenvalue weighted by Crippen LogP contribution is -2.47. The quantitative estimate of drug-likeness (QED) is 0.726. The van der Waals surface area contributed by atoms with Crippen LogP contribution in [0.25, 0.3) is 0 Å². The van der Waals surface area contributed by atoms with Crippen LogP contribution >= 0.6 is 0 Å². The molecular weight excluding hydrogens is 372 g/mol. The van der Waals surface area contributed by atoms with Crippen molar-refractivity contribution < 1.29 is 23.9 Å². The molecule has 0 aromatic heterocycles. The van der Waals surface area contributed by atoms with Crippen molar-refractivity contribution in [3.05, 3.63) is 53.6 Å². The Morgan fingerprint density at radius 3 is 2.07 bits per heavy atom. The molecule has 3 amide bonds. The zero-order valence-electron chi connectivity index (χ0n) is 16.9. The number of methoxy groups -OCH3 is 2. The van der Waals surface area contributed by atoms with Gasteiger partial charge in [-0.3, -0.25) is 19.3 Å². The summed E-state index contributed by atoms with van der Waals surface area (Å²) in [7, 11) is 3.03. The van der Waals surface area contributed by atoms with Gasteiger partial charge in [-0.15, -0.1) is 0 Å². The predicted molar refractivity (Wildman–Crippen MR) is 108 cm³/mol. The Balaban J connectivity index is 1.89. The second kappa shape index (κ2) is 8.34. The van der Waals surface area contributed by atoms with Crippen LogP contribution in [-0.4, -0.2) is 42.9 Å². The number of amides is 3. The molecule has 3 rings (SSSR count). The van der Waals surface area contributed by atoms with Crippen molar-refractivity contribution in [1.82, 2.24) is 4.90 Å². The van der Waals surface area contributed by atoms with E-state index in [9.17, 15) is 14.4 Å². The second-order valence-electron chi connectivity index (χ2n) is 7.23. The van der Waals surface area contributed by atoms with E-state index in [2.05, 4.69) is 5.32 Å². The number of nitrogens with one attached hydrogen (secondary N) is 1. The van der Waals surface area contributed by atoms with Crippen LogP contribution < -0.4 is 14.8 Å². The third-order valence-electron chi connectivity index (χ3n) is 4.79. The maximum atomic E-state index is 13.1.